The second-order valence-electron chi connectivity index (χ2n) is 8.43. The monoisotopic (exact) mass is 489 g/mol. The molecular weight excluding hydrogens is 450 g/mol. The normalized spacial score (nSPS) is 13.2. The molecule has 0 fully saturated rings. The van der Waals surface area contributed by atoms with Gasteiger partial charge < -0.3 is 19.9 Å². The Labute approximate surface area is 216 Å². The quantitative estimate of drug-likeness (QED) is 0.425. The molecule has 2 aromatic carbocycles. The molecule has 1 aliphatic rings. The van der Waals surface area contributed by atoms with Crippen LogP contribution >= 0.6 is 0 Å². The SMILES string of the molecule is CC.CCN1C=CN(c2ccc(C)c(C(=O)N[C@H](C)c3cc(OC)cc(-c4cnn(C)c4)c3)c2)C=C1.[HH]. The third kappa shape index (κ3) is 6.16. The number of anilines is 1. The molecule has 0 bridgehead atoms. The van der Waals surface area contributed by atoms with Crippen molar-refractivity contribution in [1.29, 1.82) is 0 Å². The molecule has 1 amide bonds. The van der Waals surface area contributed by atoms with E-state index < -0.39 is 0 Å². The summed E-state index contributed by atoms with van der Waals surface area (Å²) in [6, 6.07) is 11.7. The van der Waals surface area contributed by atoms with Crippen LogP contribution in [0.2, 0.25) is 0 Å². The number of amides is 1. The average Bonchev–Trinajstić information content (AvgIpc) is 3.36. The Morgan fingerprint density at radius 3 is 2.42 bits per heavy atom. The van der Waals surface area contributed by atoms with Crippen LogP contribution in [-0.2, 0) is 7.05 Å². The summed E-state index contributed by atoms with van der Waals surface area (Å²) in [6.45, 7) is 10.9. The van der Waals surface area contributed by atoms with Crippen LogP contribution in [-0.4, -0.2) is 34.2 Å². The van der Waals surface area contributed by atoms with Crippen LogP contribution in [0.5, 0.6) is 5.75 Å². The lowest BCUT2D eigenvalue weighted by atomic mass is 10.0. The zero-order chi connectivity index (χ0) is 26.2. The molecule has 2 heterocycles. The Balaban J connectivity index is 0.00000157. The van der Waals surface area contributed by atoms with Crippen LogP contribution in [0.15, 0.2) is 73.6 Å². The fourth-order valence-corrected chi connectivity index (χ4v) is 3.90. The minimum atomic E-state index is -0.214. The Morgan fingerprint density at radius 1 is 1.08 bits per heavy atom. The Bertz CT molecular complexity index is 1240. The van der Waals surface area contributed by atoms with Crippen molar-refractivity contribution in [3.63, 3.8) is 0 Å². The third-order valence-corrected chi connectivity index (χ3v) is 6.02. The highest BCUT2D eigenvalue weighted by Gasteiger charge is 2.17. The summed E-state index contributed by atoms with van der Waals surface area (Å²) in [5.74, 6) is 0.623. The molecule has 0 unspecified atom stereocenters. The van der Waals surface area contributed by atoms with E-state index in [1.165, 1.54) is 0 Å². The largest absolute Gasteiger partial charge is 0.497 e. The van der Waals surface area contributed by atoms with Gasteiger partial charge in [0.1, 0.15) is 5.75 Å². The maximum atomic E-state index is 13.3. The van der Waals surface area contributed by atoms with Gasteiger partial charge in [0.2, 0.25) is 0 Å². The summed E-state index contributed by atoms with van der Waals surface area (Å²) in [6.07, 6.45) is 11.8. The first-order chi connectivity index (χ1) is 17.4. The van der Waals surface area contributed by atoms with Gasteiger partial charge in [0.25, 0.3) is 5.91 Å². The van der Waals surface area contributed by atoms with Crippen molar-refractivity contribution >= 4 is 11.6 Å². The number of benzene rings is 2. The molecule has 192 valence electrons. The average molecular weight is 490 g/mol. The molecule has 1 atom stereocenters. The van der Waals surface area contributed by atoms with Crippen molar-refractivity contribution in [2.45, 2.75) is 40.7 Å². The van der Waals surface area contributed by atoms with E-state index in [4.69, 9.17) is 4.74 Å². The van der Waals surface area contributed by atoms with Gasteiger partial charge in [-0.1, -0.05) is 19.9 Å². The summed E-state index contributed by atoms with van der Waals surface area (Å²) in [4.78, 5) is 17.4. The zero-order valence-electron chi connectivity index (χ0n) is 22.3. The van der Waals surface area contributed by atoms with Crippen molar-refractivity contribution in [1.82, 2.24) is 20.0 Å². The van der Waals surface area contributed by atoms with E-state index in [-0.39, 0.29) is 13.4 Å². The zero-order valence-corrected chi connectivity index (χ0v) is 22.3. The van der Waals surface area contributed by atoms with Gasteiger partial charge in [0.15, 0.2) is 0 Å². The number of nitrogens with zero attached hydrogens (tertiary/aromatic N) is 4. The molecule has 0 radical (unpaired) electrons. The molecule has 7 nitrogen and oxygen atoms in total. The van der Waals surface area contributed by atoms with Crippen molar-refractivity contribution < 1.29 is 11.0 Å². The van der Waals surface area contributed by atoms with E-state index in [2.05, 4.69) is 28.3 Å². The highest BCUT2D eigenvalue weighted by Crippen LogP contribution is 2.29. The molecule has 7 heteroatoms. The summed E-state index contributed by atoms with van der Waals surface area (Å²) >= 11 is 0. The Morgan fingerprint density at radius 2 is 1.81 bits per heavy atom. The van der Waals surface area contributed by atoms with E-state index in [0.717, 1.165) is 40.2 Å². The summed E-state index contributed by atoms with van der Waals surface area (Å²) in [7, 11) is 3.53. The highest BCUT2D eigenvalue weighted by molar-refractivity contribution is 5.97. The topological polar surface area (TPSA) is 62.6 Å². The number of aryl methyl sites for hydroxylation is 2. The standard InChI is InChI=1S/C27H31N5O2.C2H6.H2/c1-6-31-9-11-32(12-10-31)24-8-7-19(2)26(16-24)27(33)29-20(3)21-13-22(15-25(14-21)34-5)23-17-28-30(4)18-23;1-2;/h7-18,20H,6H2,1-5H3,(H,29,33);1-2H3;1H/t20-;;/m1../s1. The lowest BCUT2D eigenvalue weighted by molar-refractivity contribution is 0.0939. The van der Waals surface area contributed by atoms with Crippen LogP contribution in [0.3, 0.4) is 0 Å². The lowest BCUT2D eigenvalue weighted by Crippen LogP contribution is -2.27. The number of aromatic nitrogens is 2. The maximum absolute atomic E-state index is 13.3. The number of ether oxygens (including phenoxy) is 1. The summed E-state index contributed by atoms with van der Waals surface area (Å²) < 4.78 is 7.29. The van der Waals surface area contributed by atoms with Crippen molar-refractivity contribution in [3.05, 3.63) is 90.3 Å². The lowest BCUT2D eigenvalue weighted by Gasteiger charge is -2.25. The van der Waals surface area contributed by atoms with E-state index in [0.29, 0.717) is 5.56 Å². The van der Waals surface area contributed by atoms with Gasteiger partial charge in [-0.15, -0.1) is 0 Å². The van der Waals surface area contributed by atoms with Gasteiger partial charge >= 0.3 is 0 Å². The van der Waals surface area contributed by atoms with E-state index in [1.807, 2.05) is 107 Å². The minimum Gasteiger partial charge on any atom is -0.497 e. The summed E-state index contributed by atoms with van der Waals surface area (Å²) in [5.41, 5.74) is 5.46. The van der Waals surface area contributed by atoms with Gasteiger partial charge in [-0.2, -0.15) is 5.10 Å². The predicted molar refractivity (Wildman–Crippen MR) is 149 cm³/mol. The first kappa shape index (κ1) is 26.6. The molecule has 1 N–H and O–H groups in total. The third-order valence-electron chi connectivity index (χ3n) is 6.02. The van der Waals surface area contributed by atoms with Gasteiger partial charge in [-0.05, 0) is 67.8 Å². The van der Waals surface area contributed by atoms with Crippen LogP contribution in [0.1, 0.15) is 56.6 Å². The van der Waals surface area contributed by atoms with E-state index >= 15 is 0 Å². The molecule has 0 aliphatic carbocycles. The molecular formula is C29H39N5O2. The van der Waals surface area contributed by atoms with E-state index in [9.17, 15) is 4.79 Å². The highest BCUT2D eigenvalue weighted by atomic mass is 16.5. The van der Waals surface area contributed by atoms with Crippen molar-refractivity contribution in [3.8, 4) is 16.9 Å². The molecule has 1 aromatic heterocycles. The number of carbonyl (C=O) groups excluding carboxylic acids is 1. The molecule has 1 aliphatic heterocycles. The second kappa shape index (κ2) is 12.1. The number of hydrogen-bond donors (Lipinski definition) is 1. The smallest absolute Gasteiger partial charge is 0.252 e. The minimum absolute atomic E-state index is 0. The number of nitrogens with one attached hydrogen (secondary N) is 1. The van der Waals surface area contributed by atoms with Crippen molar-refractivity contribution in [2.75, 3.05) is 18.6 Å². The fourth-order valence-electron chi connectivity index (χ4n) is 3.90. The number of carbonyl (C=O) groups is 1. The fraction of sp³-hybridized carbons (Fsp3) is 0.310. The molecule has 36 heavy (non-hydrogen) atoms. The molecule has 0 saturated carbocycles. The van der Waals surface area contributed by atoms with Gasteiger partial charge in [0.05, 0.1) is 19.3 Å². The van der Waals surface area contributed by atoms with Gasteiger partial charge in [-0.25, -0.2) is 0 Å². The molecule has 4 rings (SSSR count). The Hall–Kier alpha value is -4.00. The summed E-state index contributed by atoms with van der Waals surface area (Å²) in [5, 5.41) is 7.42. The number of hydrogen-bond acceptors (Lipinski definition) is 5. The van der Waals surface area contributed by atoms with Crippen LogP contribution in [0.4, 0.5) is 5.69 Å². The second-order valence-corrected chi connectivity index (χ2v) is 8.43. The first-order valence-electron chi connectivity index (χ1n) is 12.4. The maximum Gasteiger partial charge on any atom is 0.252 e. The van der Waals surface area contributed by atoms with E-state index in [1.54, 1.807) is 11.8 Å². The van der Waals surface area contributed by atoms with Gasteiger partial charge in [-0.3, -0.25) is 9.48 Å². The molecule has 0 spiro atoms. The number of rotatable bonds is 7. The predicted octanol–water partition coefficient (Wildman–Crippen LogP) is 6.25. The molecule has 0 saturated heterocycles. The molecule has 3 aromatic rings. The first-order valence-corrected chi connectivity index (χ1v) is 12.4. The number of methoxy groups -OCH3 is 1. The van der Waals surface area contributed by atoms with Crippen molar-refractivity contribution in [2.24, 2.45) is 7.05 Å². The Kier molecular flexibility index (Phi) is 8.95. The van der Waals surface area contributed by atoms with Crippen LogP contribution in [0.25, 0.3) is 11.1 Å². The van der Waals surface area contributed by atoms with Crippen LogP contribution in [0, 0.1) is 6.92 Å². The van der Waals surface area contributed by atoms with Crippen LogP contribution < -0.4 is 15.0 Å². The van der Waals surface area contributed by atoms with Gasteiger partial charge in [0, 0.05) is 62.8 Å².